The molecule has 0 aromatic carbocycles. The van der Waals surface area contributed by atoms with Gasteiger partial charge in [-0.2, -0.15) is 0 Å². The van der Waals surface area contributed by atoms with Crippen LogP contribution in [0.1, 0.15) is 24.1 Å². The zero-order valence-electron chi connectivity index (χ0n) is 10.1. The molecule has 3 N–H and O–H groups in total. The fourth-order valence-corrected chi connectivity index (χ4v) is 4.35. The van der Waals surface area contributed by atoms with E-state index in [4.69, 9.17) is 5.73 Å². The number of allylic oxidation sites excluding steroid dienone is 2. The first kappa shape index (κ1) is 13.7. The van der Waals surface area contributed by atoms with Gasteiger partial charge in [0, 0.05) is 18.0 Å². The van der Waals surface area contributed by atoms with Gasteiger partial charge in [0.05, 0.1) is 0 Å². The van der Waals surface area contributed by atoms with Gasteiger partial charge < -0.3 is 5.73 Å². The third kappa shape index (κ3) is 3.41. The molecule has 0 spiro atoms. The van der Waals surface area contributed by atoms with Gasteiger partial charge in [-0.1, -0.05) is 12.2 Å². The second kappa shape index (κ2) is 5.97. The Morgan fingerprint density at radius 1 is 1.39 bits per heavy atom. The van der Waals surface area contributed by atoms with Gasteiger partial charge in [-0.25, -0.2) is 13.1 Å². The molecule has 0 saturated heterocycles. The quantitative estimate of drug-likeness (QED) is 0.811. The molecule has 0 fully saturated rings. The van der Waals surface area contributed by atoms with E-state index in [0.29, 0.717) is 23.2 Å². The zero-order valence-corrected chi connectivity index (χ0v) is 11.8. The molecule has 2 rings (SSSR count). The van der Waals surface area contributed by atoms with Gasteiger partial charge in [-0.3, -0.25) is 0 Å². The standard InChI is InChI=1S/C12H18N2O2S2/c13-8-11-6-7-12(17-11)18(15,16)14-9-10-4-2-1-3-5-10/h1-2,6-7,10,14H,3-5,8-9,13H2. The van der Waals surface area contributed by atoms with Gasteiger partial charge in [0.15, 0.2) is 0 Å². The first-order valence-electron chi connectivity index (χ1n) is 6.05. The van der Waals surface area contributed by atoms with Crippen molar-refractivity contribution in [1.82, 2.24) is 4.72 Å². The Kier molecular flexibility index (Phi) is 4.55. The van der Waals surface area contributed by atoms with E-state index in [1.807, 2.05) is 0 Å². The number of sulfonamides is 1. The molecule has 0 bridgehead atoms. The van der Waals surface area contributed by atoms with Crippen LogP contribution in [0, 0.1) is 5.92 Å². The highest BCUT2D eigenvalue weighted by atomic mass is 32.2. The van der Waals surface area contributed by atoms with E-state index < -0.39 is 10.0 Å². The van der Waals surface area contributed by atoms with Gasteiger partial charge >= 0.3 is 0 Å². The van der Waals surface area contributed by atoms with Crippen molar-refractivity contribution in [2.45, 2.75) is 30.0 Å². The molecular weight excluding hydrogens is 268 g/mol. The molecule has 100 valence electrons. The van der Waals surface area contributed by atoms with Crippen molar-refractivity contribution in [2.24, 2.45) is 11.7 Å². The molecule has 0 saturated carbocycles. The second-order valence-corrected chi connectivity index (χ2v) is 7.59. The van der Waals surface area contributed by atoms with Crippen molar-refractivity contribution in [2.75, 3.05) is 6.54 Å². The lowest BCUT2D eigenvalue weighted by molar-refractivity contribution is 0.468. The minimum Gasteiger partial charge on any atom is -0.326 e. The van der Waals surface area contributed by atoms with E-state index in [9.17, 15) is 8.42 Å². The first-order valence-corrected chi connectivity index (χ1v) is 8.35. The SMILES string of the molecule is NCc1ccc(S(=O)(=O)NCC2CC=CCC2)s1. The van der Waals surface area contributed by atoms with E-state index in [0.717, 1.165) is 24.1 Å². The van der Waals surface area contributed by atoms with Crippen LogP contribution in [0.2, 0.25) is 0 Å². The summed E-state index contributed by atoms with van der Waals surface area (Å²) >= 11 is 1.24. The van der Waals surface area contributed by atoms with Gasteiger partial charge in [-0.05, 0) is 37.3 Å². The molecule has 1 heterocycles. The van der Waals surface area contributed by atoms with Crippen molar-refractivity contribution < 1.29 is 8.42 Å². The highest BCUT2D eigenvalue weighted by Crippen LogP contribution is 2.22. The van der Waals surface area contributed by atoms with Crippen LogP contribution in [0.3, 0.4) is 0 Å². The van der Waals surface area contributed by atoms with Crippen molar-refractivity contribution in [3.63, 3.8) is 0 Å². The van der Waals surface area contributed by atoms with Gasteiger partial charge in [0.1, 0.15) is 4.21 Å². The molecule has 1 aromatic heterocycles. The number of rotatable bonds is 5. The third-order valence-corrected chi connectivity index (χ3v) is 6.07. The fraction of sp³-hybridized carbons (Fsp3) is 0.500. The number of nitrogens with one attached hydrogen (secondary N) is 1. The summed E-state index contributed by atoms with van der Waals surface area (Å²) in [6, 6.07) is 3.39. The highest BCUT2D eigenvalue weighted by molar-refractivity contribution is 7.91. The Morgan fingerprint density at radius 3 is 2.83 bits per heavy atom. The summed E-state index contributed by atoms with van der Waals surface area (Å²) in [5.41, 5.74) is 5.48. The lowest BCUT2D eigenvalue weighted by atomic mass is 9.95. The molecule has 18 heavy (non-hydrogen) atoms. The smallest absolute Gasteiger partial charge is 0.250 e. The number of hydrogen-bond acceptors (Lipinski definition) is 4. The average molecular weight is 286 g/mol. The average Bonchev–Trinajstić information content (AvgIpc) is 2.87. The predicted octanol–water partition coefficient (Wildman–Crippen LogP) is 1.84. The van der Waals surface area contributed by atoms with E-state index in [1.165, 1.54) is 11.3 Å². The van der Waals surface area contributed by atoms with Gasteiger partial charge in [0.2, 0.25) is 10.0 Å². The number of hydrogen-bond donors (Lipinski definition) is 2. The van der Waals surface area contributed by atoms with Crippen molar-refractivity contribution in [3.8, 4) is 0 Å². The molecule has 6 heteroatoms. The van der Waals surface area contributed by atoms with E-state index >= 15 is 0 Å². The topological polar surface area (TPSA) is 72.2 Å². The van der Waals surface area contributed by atoms with Crippen molar-refractivity contribution in [3.05, 3.63) is 29.2 Å². The van der Waals surface area contributed by atoms with Crippen LogP contribution in [0.25, 0.3) is 0 Å². The molecule has 0 radical (unpaired) electrons. The lowest BCUT2D eigenvalue weighted by Crippen LogP contribution is -2.29. The molecule has 4 nitrogen and oxygen atoms in total. The largest absolute Gasteiger partial charge is 0.326 e. The van der Waals surface area contributed by atoms with Crippen LogP contribution in [0.5, 0.6) is 0 Å². The monoisotopic (exact) mass is 286 g/mol. The molecule has 1 unspecified atom stereocenters. The summed E-state index contributed by atoms with van der Waals surface area (Å²) in [4.78, 5) is 0.885. The molecule has 1 aromatic rings. The third-order valence-electron chi connectivity index (χ3n) is 3.04. The Morgan fingerprint density at radius 2 is 2.22 bits per heavy atom. The molecule has 1 aliphatic rings. The molecule has 0 aliphatic heterocycles. The van der Waals surface area contributed by atoms with Crippen LogP contribution in [-0.4, -0.2) is 15.0 Å². The van der Waals surface area contributed by atoms with Crippen LogP contribution in [0.4, 0.5) is 0 Å². The van der Waals surface area contributed by atoms with Gasteiger partial charge in [-0.15, -0.1) is 11.3 Å². The number of thiophene rings is 1. The van der Waals surface area contributed by atoms with E-state index in [2.05, 4.69) is 16.9 Å². The van der Waals surface area contributed by atoms with E-state index in [-0.39, 0.29) is 0 Å². The normalized spacial score (nSPS) is 20.2. The van der Waals surface area contributed by atoms with Crippen molar-refractivity contribution >= 4 is 21.4 Å². The lowest BCUT2D eigenvalue weighted by Gasteiger charge is -2.17. The maximum absolute atomic E-state index is 12.0. The second-order valence-electron chi connectivity index (χ2n) is 4.43. The molecule has 1 atom stereocenters. The molecular formula is C12H18N2O2S2. The summed E-state index contributed by atoms with van der Waals surface area (Å²) in [6.07, 6.45) is 7.33. The van der Waals surface area contributed by atoms with Crippen LogP contribution >= 0.6 is 11.3 Å². The van der Waals surface area contributed by atoms with Crippen LogP contribution in [0.15, 0.2) is 28.5 Å². The minimum atomic E-state index is -3.36. The highest BCUT2D eigenvalue weighted by Gasteiger charge is 2.19. The minimum absolute atomic E-state index is 0.356. The Labute approximate surface area is 112 Å². The Bertz CT molecular complexity index is 520. The molecule has 1 aliphatic carbocycles. The fourth-order valence-electron chi connectivity index (χ4n) is 1.95. The molecule has 0 amide bonds. The predicted molar refractivity (Wildman–Crippen MR) is 73.9 cm³/mol. The summed E-state index contributed by atoms with van der Waals surface area (Å²) in [7, 11) is -3.36. The van der Waals surface area contributed by atoms with E-state index in [1.54, 1.807) is 12.1 Å². The summed E-state index contributed by atoms with van der Waals surface area (Å²) in [5.74, 6) is 0.415. The Balaban J connectivity index is 1.96. The van der Waals surface area contributed by atoms with Crippen molar-refractivity contribution in [1.29, 1.82) is 0 Å². The van der Waals surface area contributed by atoms with Crippen LogP contribution < -0.4 is 10.5 Å². The number of nitrogens with two attached hydrogens (primary N) is 1. The zero-order chi connectivity index (χ0) is 13.0. The summed E-state index contributed by atoms with van der Waals surface area (Å²) in [5, 5.41) is 0. The van der Waals surface area contributed by atoms with Gasteiger partial charge in [0.25, 0.3) is 0 Å². The first-order chi connectivity index (χ1) is 8.62. The summed E-state index contributed by atoms with van der Waals surface area (Å²) in [6.45, 7) is 0.899. The maximum atomic E-state index is 12.0. The maximum Gasteiger partial charge on any atom is 0.250 e. The van der Waals surface area contributed by atoms with Crippen LogP contribution in [-0.2, 0) is 16.6 Å². The summed E-state index contributed by atoms with van der Waals surface area (Å²) < 4.78 is 27.1. The Hall–Kier alpha value is -0.690.